The number of nitrogens with one attached hydrogen (secondary N) is 2. The maximum atomic E-state index is 11.9. The van der Waals surface area contributed by atoms with Crippen molar-refractivity contribution in [3.05, 3.63) is 48.0 Å². The molecule has 2 amide bonds. The van der Waals surface area contributed by atoms with Crippen LogP contribution in [0.2, 0.25) is 0 Å². The van der Waals surface area contributed by atoms with Crippen molar-refractivity contribution in [2.45, 2.75) is 6.54 Å². The van der Waals surface area contributed by atoms with Crippen LogP contribution in [0.5, 0.6) is 0 Å². The Morgan fingerprint density at radius 2 is 1.69 bits per heavy atom. The van der Waals surface area contributed by atoms with Gasteiger partial charge >= 0.3 is 0 Å². The van der Waals surface area contributed by atoms with Gasteiger partial charge in [-0.1, -0.05) is 18.2 Å². The molecule has 0 saturated heterocycles. The summed E-state index contributed by atoms with van der Waals surface area (Å²) in [5.74, 6) is 0.454. The minimum Gasteiger partial charge on any atom is -0.353 e. The van der Waals surface area contributed by atoms with Crippen LogP contribution >= 0.6 is 24.0 Å². The van der Waals surface area contributed by atoms with E-state index in [1.54, 1.807) is 46.4 Å². The summed E-state index contributed by atoms with van der Waals surface area (Å²) in [5, 5.41) is 6.06. The highest BCUT2D eigenvalue weighted by molar-refractivity contribution is 14.0. The zero-order valence-corrected chi connectivity index (χ0v) is 18.1. The first-order chi connectivity index (χ1) is 11.8. The van der Waals surface area contributed by atoms with Gasteiger partial charge in [-0.3, -0.25) is 9.59 Å². The van der Waals surface area contributed by atoms with Crippen molar-refractivity contribution in [1.29, 1.82) is 0 Å². The fraction of sp³-hybridized carbons (Fsp3) is 0.389. The average Bonchev–Trinajstić information content (AvgIpc) is 2.60. The molecule has 0 unspecified atom stereocenters. The Hall–Kier alpha value is -2.10. The molecule has 2 N–H and O–H groups in total. The topological polar surface area (TPSA) is 77.0 Å². The van der Waals surface area contributed by atoms with Crippen LogP contribution in [-0.4, -0.2) is 68.9 Å². The molecule has 1 rings (SSSR count). The Kier molecular flexibility index (Phi) is 11.3. The molecule has 8 heteroatoms. The number of amides is 2. The van der Waals surface area contributed by atoms with Crippen molar-refractivity contribution in [3.63, 3.8) is 0 Å². The van der Waals surface area contributed by atoms with Crippen molar-refractivity contribution < 1.29 is 9.59 Å². The van der Waals surface area contributed by atoms with E-state index in [2.05, 4.69) is 22.2 Å². The number of hydrogen-bond acceptors (Lipinski definition) is 3. The lowest BCUT2D eigenvalue weighted by Crippen LogP contribution is -2.43. The Bertz CT molecular complexity index is 627. The van der Waals surface area contributed by atoms with Crippen LogP contribution in [-0.2, 0) is 11.3 Å². The van der Waals surface area contributed by atoms with E-state index in [-0.39, 0.29) is 42.3 Å². The third-order valence-corrected chi connectivity index (χ3v) is 3.35. The highest BCUT2D eigenvalue weighted by Crippen LogP contribution is 2.07. The van der Waals surface area contributed by atoms with Gasteiger partial charge in [0, 0.05) is 40.3 Å². The van der Waals surface area contributed by atoms with E-state index in [9.17, 15) is 9.59 Å². The number of aliphatic imine (C=N–C) groups is 1. The molecular formula is C18H28IN5O2. The largest absolute Gasteiger partial charge is 0.353 e. The zero-order chi connectivity index (χ0) is 18.8. The van der Waals surface area contributed by atoms with Gasteiger partial charge in [0.25, 0.3) is 5.91 Å². The number of halogens is 1. The molecule has 144 valence electrons. The second-order valence-electron chi connectivity index (χ2n) is 5.87. The van der Waals surface area contributed by atoms with E-state index in [1.165, 1.54) is 9.80 Å². The van der Waals surface area contributed by atoms with Gasteiger partial charge < -0.3 is 20.4 Å². The van der Waals surface area contributed by atoms with Crippen LogP contribution in [0.1, 0.15) is 15.9 Å². The summed E-state index contributed by atoms with van der Waals surface area (Å²) in [6.45, 7) is 4.79. The number of carbonyl (C=O) groups excluding carboxylic acids is 2. The van der Waals surface area contributed by atoms with E-state index in [4.69, 9.17) is 0 Å². The van der Waals surface area contributed by atoms with Gasteiger partial charge in [0.1, 0.15) is 0 Å². The second kappa shape index (κ2) is 12.3. The lowest BCUT2D eigenvalue weighted by molar-refractivity contribution is -0.127. The van der Waals surface area contributed by atoms with Gasteiger partial charge in [0.2, 0.25) is 5.91 Å². The smallest absolute Gasteiger partial charge is 0.253 e. The molecule has 0 radical (unpaired) electrons. The van der Waals surface area contributed by atoms with Gasteiger partial charge in [0.05, 0.1) is 13.1 Å². The Balaban J connectivity index is 0.00000625. The van der Waals surface area contributed by atoms with E-state index >= 15 is 0 Å². The SMILES string of the molecule is C=CCNC(=NCc1ccc(C(=O)N(C)C)cc1)NCC(=O)N(C)C.I. The third kappa shape index (κ3) is 8.32. The number of likely N-dealkylation sites (N-methyl/N-ethyl adjacent to an activating group) is 1. The molecule has 0 atom stereocenters. The van der Waals surface area contributed by atoms with Crippen molar-refractivity contribution in [3.8, 4) is 0 Å². The van der Waals surface area contributed by atoms with Gasteiger partial charge in [-0.25, -0.2) is 4.99 Å². The highest BCUT2D eigenvalue weighted by atomic mass is 127. The normalized spacial score (nSPS) is 10.4. The summed E-state index contributed by atoms with van der Waals surface area (Å²) < 4.78 is 0. The predicted octanol–water partition coefficient (Wildman–Crippen LogP) is 1.32. The van der Waals surface area contributed by atoms with Crippen LogP contribution in [0.3, 0.4) is 0 Å². The number of guanidine groups is 1. The molecule has 0 aliphatic heterocycles. The number of rotatable bonds is 7. The third-order valence-electron chi connectivity index (χ3n) is 3.35. The first-order valence-corrected chi connectivity index (χ1v) is 7.99. The summed E-state index contributed by atoms with van der Waals surface area (Å²) in [7, 11) is 6.85. The Labute approximate surface area is 172 Å². The molecular weight excluding hydrogens is 445 g/mol. The minimum atomic E-state index is -0.0420. The van der Waals surface area contributed by atoms with E-state index in [0.29, 0.717) is 24.6 Å². The molecule has 0 saturated carbocycles. The fourth-order valence-electron chi connectivity index (χ4n) is 1.84. The molecule has 0 aliphatic rings. The van der Waals surface area contributed by atoms with Gasteiger partial charge in [0.15, 0.2) is 5.96 Å². The van der Waals surface area contributed by atoms with Crippen molar-refractivity contribution in [2.75, 3.05) is 41.3 Å². The molecule has 0 heterocycles. The minimum absolute atomic E-state index is 0. The van der Waals surface area contributed by atoms with Crippen LogP contribution in [0.4, 0.5) is 0 Å². The first-order valence-electron chi connectivity index (χ1n) is 7.99. The molecule has 26 heavy (non-hydrogen) atoms. The monoisotopic (exact) mass is 473 g/mol. The summed E-state index contributed by atoms with van der Waals surface area (Å²) in [5.41, 5.74) is 1.60. The maximum Gasteiger partial charge on any atom is 0.253 e. The summed E-state index contributed by atoms with van der Waals surface area (Å²) in [4.78, 5) is 31.1. The number of hydrogen-bond donors (Lipinski definition) is 2. The quantitative estimate of drug-likeness (QED) is 0.271. The van der Waals surface area contributed by atoms with Gasteiger partial charge in [-0.05, 0) is 17.7 Å². The summed E-state index contributed by atoms with van der Waals surface area (Å²) in [6.07, 6.45) is 1.71. The van der Waals surface area contributed by atoms with E-state index in [1.807, 2.05) is 12.1 Å². The molecule has 1 aromatic rings. The lowest BCUT2D eigenvalue weighted by Gasteiger charge is -2.14. The zero-order valence-electron chi connectivity index (χ0n) is 15.8. The van der Waals surface area contributed by atoms with Crippen LogP contribution in [0, 0.1) is 0 Å². The molecule has 0 aromatic heterocycles. The van der Waals surface area contributed by atoms with E-state index < -0.39 is 0 Å². The highest BCUT2D eigenvalue weighted by Gasteiger charge is 2.08. The van der Waals surface area contributed by atoms with Crippen molar-refractivity contribution in [1.82, 2.24) is 20.4 Å². The maximum absolute atomic E-state index is 11.9. The average molecular weight is 473 g/mol. The van der Waals surface area contributed by atoms with Gasteiger partial charge in [-0.15, -0.1) is 30.6 Å². The summed E-state index contributed by atoms with van der Waals surface area (Å²) in [6, 6.07) is 7.31. The second-order valence-corrected chi connectivity index (χ2v) is 5.87. The Morgan fingerprint density at radius 1 is 1.08 bits per heavy atom. The van der Waals surface area contributed by atoms with Crippen LogP contribution < -0.4 is 10.6 Å². The molecule has 7 nitrogen and oxygen atoms in total. The first kappa shape index (κ1) is 23.9. The van der Waals surface area contributed by atoms with Crippen molar-refractivity contribution in [2.24, 2.45) is 4.99 Å². The predicted molar refractivity (Wildman–Crippen MR) is 116 cm³/mol. The lowest BCUT2D eigenvalue weighted by atomic mass is 10.1. The van der Waals surface area contributed by atoms with Crippen LogP contribution in [0.25, 0.3) is 0 Å². The number of benzene rings is 1. The molecule has 0 bridgehead atoms. The van der Waals surface area contributed by atoms with Gasteiger partial charge in [-0.2, -0.15) is 0 Å². The van der Waals surface area contributed by atoms with Crippen molar-refractivity contribution >= 4 is 41.8 Å². The molecule has 0 spiro atoms. The van der Waals surface area contributed by atoms with Crippen LogP contribution in [0.15, 0.2) is 41.9 Å². The molecule has 0 fully saturated rings. The number of nitrogens with zero attached hydrogens (tertiary/aromatic N) is 3. The standard InChI is InChI=1S/C18H27N5O2.HI/c1-6-11-19-18(21-13-16(24)22(2)3)20-12-14-7-9-15(10-8-14)17(25)23(4)5;/h6-10H,1,11-13H2,2-5H3,(H2,19,20,21);1H. The molecule has 0 aliphatic carbocycles. The number of carbonyl (C=O) groups is 2. The summed E-state index contributed by atoms with van der Waals surface area (Å²) >= 11 is 0. The Morgan fingerprint density at radius 3 is 2.19 bits per heavy atom. The van der Waals surface area contributed by atoms with E-state index in [0.717, 1.165) is 5.56 Å². The molecule has 1 aromatic carbocycles. The fourth-order valence-corrected chi connectivity index (χ4v) is 1.84.